The Hall–Kier alpha value is -1.51. The number of rotatable bonds is 3. The Morgan fingerprint density at radius 1 is 1.35 bits per heavy atom. The topological polar surface area (TPSA) is 47.6 Å². The van der Waals surface area contributed by atoms with Gasteiger partial charge in [-0.05, 0) is 43.5 Å². The summed E-state index contributed by atoms with van der Waals surface area (Å²) >= 11 is 0. The van der Waals surface area contributed by atoms with Gasteiger partial charge in [-0.1, -0.05) is 12.8 Å². The molecule has 1 fully saturated rings. The molecule has 0 atom stereocenters. The number of ether oxygens (including phenoxy) is 1. The molecule has 92 valence electrons. The average molecular weight is 232 g/mol. The molecule has 0 aliphatic heterocycles. The lowest BCUT2D eigenvalue weighted by Crippen LogP contribution is -2.20. The zero-order valence-corrected chi connectivity index (χ0v) is 10.6. The van der Waals surface area contributed by atoms with Gasteiger partial charge in [-0.3, -0.25) is 0 Å². The van der Waals surface area contributed by atoms with Crippen molar-refractivity contribution >= 4 is 11.5 Å². The first-order valence-corrected chi connectivity index (χ1v) is 6.19. The minimum atomic E-state index is 0.484. The lowest BCUT2D eigenvalue weighted by molar-refractivity contribution is 0.412. The van der Waals surface area contributed by atoms with Crippen LogP contribution in [0.15, 0.2) is 23.2 Å². The summed E-state index contributed by atoms with van der Waals surface area (Å²) < 4.78 is 5.23. The van der Waals surface area contributed by atoms with Crippen molar-refractivity contribution in [3.63, 3.8) is 0 Å². The summed E-state index contributed by atoms with van der Waals surface area (Å²) in [5, 5.41) is 0. The number of nitrogens with zero attached hydrogens (tertiary/aromatic N) is 1. The highest BCUT2D eigenvalue weighted by Crippen LogP contribution is 2.27. The van der Waals surface area contributed by atoms with Crippen LogP contribution in [0.5, 0.6) is 5.75 Å². The minimum Gasteiger partial charge on any atom is -0.496 e. The van der Waals surface area contributed by atoms with Crippen molar-refractivity contribution in [1.29, 1.82) is 0 Å². The van der Waals surface area contributed by atoms with Gasteiger partial charge in [0.05, 0.1) is 12.8 Å². The van der Waals surface area contributed by atoms with Crippen LogP contribution in [0.1, 0.15) is 31.2 Å². The summed E-state index contributed by atoms with van der Waals surface area (Å²) in [6, 6.07) is 5.91. The fourth-order valence-electron chi connectivity index (χ4n) is 2.39. The number of benzene rings is 1. The van der Waals surface area contributed by atoms with E-state index in [9.17, 15) is 0 Å². The first kappa shape index (κ1) is 12.0. The molecule has 1 aromatic carbocycles. The van der Waals surface area contributed by atoms with Gasteiger partial charge in [0.1, 0.15) is 11.6 Å². The van der Waals surface area contributed by atoms with Gasteiger partial charge in [0.25, 0.3) is 0 Å². The number of aryl methyl sites for hydroxylation is 1. The van der Waals surface area contributed by atoms with E-state index >= 15 is 0 Å². The van der Waals surface area contributed by atoms with Crippen LogP contribution in [0.25, 0.3) is 0 Å². The summed E-state index contributed by atoms with van der Waals surface area (Å²) in [7, 11) is 1.68. The highest BCUT2D eigenvalue weighted by atomic mass is 16.5. The predicted octanol–water partition coefficient (Wildman–Crippen LogP) is 3.18. The molecular formula is C14H20N2O. The second kappa shape index (κ2) is 5.21. The van der Waals surface area contributed by atoms with Crippen LogP contribution in [-0.2, 0) is 0 Å². The predicted molar refractivity (Wildman–Crippen MR) is 71.0 cm³/mol. The highest BCUT2D eigenvalue weighted by molar-refractivity contribution is 5.85. The van der Waals surface area contributed by atoms with E-state index in [0.29, 0.717) is 5.92 Å². The van der Waals surface area contributed by atoms with Gasteiger partial charge < -0.3 is 10.5 Å². The second-order valence-electron chi connectivity index (χ2n) is 4.67. The molecule has 0 radical (unpaired) electrons. The molecule has 1 aliphatic rings. The third-order valence-electron chi connectivity index (χ3n) is 3.41. The number of hydrogen-bond donors (Lipinski definition) is 1. The minimum absolute atomic E-state index is 0.484. The van der Waals surface area contributed by atoms with E-state index in [1.165, 1.54) is 25.7 Å². The summed E-state index contributed by atoms with van der Waals surface area (Å²) in [6.45, 7) is 2.02. The van der Waals surface area contributed by atoms with Crippen LogP contribution in [0.2, 0.25) is 0 Å². The second-order valence-corrected chi connectivity index (χ2v) is 4.67. The molecule has 0 spiro atoms. The number of methoxy groups -OCH3 is 1. The Labute approximate surface area is 103 Å². The van der Waals surface area contributed by atoms with E-state index in [1.54, 1.807) is 7.11 Å². The molecule has 1 aliphatic carbocycles. The summed E-state index contributed by atoms with van der Waals surface area (Å²) in [6.07, 6.45) is 4.93. The number of hydrogen-bond acceptors (Lipinski definition) is 2. The molecule has 3 heteroatoms. The third-order valence-corrected chi connectivity index (χ3v) is 3.41. The first-order valence-electron chi connectivity index (χ1n) is 6.19. The van der Waals surface area contributed by atoms with Crippen molar-refractivity contribution in [1.82, 2.24) is 0 Å². The van der Waals surface area contributed by atoms with E-state index in [2.05, 4.69) is 4.99 Å². The number of amidine groups is 1. The molecule has 2 N–H and O–H groups in total. The van der Waals surface area contributed by atoms with Crippen LogP contribution < -0.4 is 10.5 Å². The Balaban J connectivity index is 2.17. The lowest BCUT2D eigenvalue weighted by Gasteiger charge is -2.09. The number of nitrogens with two attached hydrogens (primary N) is 1. The Morgan fingerprint density at radius 2 is 2.06 bits per heavy atom. The van der Waals surface area contributed by atoms with Crippen molar-refractivity contribution in [3.8, 4) is 5.75 Å². The maximum absolute atomic E-state index is 6.05. The first-order chi connectivity index (χ1) is 8.20. The average Bonchev–Trinajstić information content (AvgIpc) is 2.82. The quantitative estimate of drug-likeness (QED) is 0.642. The van der Waals surface area contributed by atoms with Crippen LogP contribution >= 0.6 is 0 Å². The van der Waals surface area contributed by atoms with E-state index in [4.69, 9.17) is 10.5 Å². The molecule has 0 unspecified atom stereocenters. The van der Waals surface area contributed by atoms with Crippen molar-refractivity contribution in [2.24, 2.45) is 16.6 Å². The molecule has 0 saturated heterocycles. The molecule has 0 bridgehead atoms. The molecule has 0 aromatic heterocycles. The van der Waals surface area contributed by atoms with Gasteiger partial charge in [0.2, 0.25) is 0 Å². The Kier molecular flexibility index (Phi) is 3.67. The molecule has 2 rings (SSSR count). The van der Waals surface area contributed by atoms with Crippen molar-refractivity contribution in [2.75, 3.05) is 7.11 Å². The van der Waals surface area contributed by atoms with Crippen LogP contribution in [-0.4, -0.2) is 12.9 Å². The van der Waals surface area contributed by atoms with Gasteiger partial charge in [-0.15, -0.1) is 0 Å². The molecule has 17 heavy (non-hydrogen) atoms. The van der Waals surface area contributed by atoms with E-state index < -0.39 is 0 Å². The SMILES string of the molecule is COc1ccc(N=C(N)C2CCCC2)cc1C. The highest BCUT2D eigenvalue weighted by Gasteiger charge is 2.18. The summed E-state index contributed by atoms with van der Waals surface area (Å²) in [5.74, 6) is 2.16. The van der Waals surface area contributed by atoms with Gasteiger partial charge in [0, 0.05) is 5.92 Å². The Bertz CT molecular complexity index is 420. The molecule has 1 saturated carbocycles. The van der Waals surface area contributed by atoms with Gasteiger partial charge >= 0.3 is 0 Å². The third kappa shape index (κ3) is 2.78. The molecule has 0 heterocycles. The largest absolute Gasteiger partial charge is 0.496 e. The maximum Gasteiger partial charge on any atom is 0.121 e. The summed E-state index contributed by atoms with van der Waals surface area (Å²) in [5.41, 5.74) is 8.06. The van der Waals surface area contributed by atoms with E-state index in [0.717, 1.165) is 22.8 Å². The monoisotopic (exact) mass is 232 g/mol. The fourth-order valence-corrected chi connectivity index (χ4v) is 2.39. The van der Waals surface area contributed by atoms with E-state index in [-0.39, 0.29) is 0 Å². The maximum atomic E-state index is 6.05. The number of aliphatic imine (C=N–C) groups is 1. The normalized spacial score (nSPS) is 17.4. The summed E-state index contributed by atoms with van der Waals surface area (Å²) in [4.78, 5) is 4.52. The zero-order chi connectivity index (χ0) is 12.3. The van der Waals surface area contributed by atoms with Crippen LogP contribution in [0.3, 0.4) is 0 Å². The Morgan fingerprint density at radius 3 is 2.65 bits per heavy atom. The smallest absolute Gasteiger partial charge is 0.121 e. The fraction of sp³-hybridized carbons (Fsp3) is 0.500. The van der Waals surface area contributed by atoms with Crippen molar-refractivity contribution in [3.05, 3.63) is 23.8 Å². The lowest BCUT2D eigenvalue weighted by atomic mass is 10.1. The van der Waals surface area contributed by atoms with Crippen molar-refractivity contribution < 1.29 is 4.74 Å². The van der Waals surface area contributed by atoms with Crippen LogP contribution in [0, 0.1) is 12.8 Å². The van der Waals surface area contributed by atoms with Gasteiger partial charge in [-0.2, -0.15) is 0 Å². The molecule has 1 aromatic rings. The zero-order valence-electron chi connectivity index (χ0n) is 10.6. The standard InChI is InChI=1S/C14H20N2O/c1-10-9-12(7-8-13(10)17-2)16-14(15)11-5-3-4-6-11/h7-9,11H,3-6H2,1-2H3,(H2,15,16). The molecular weight excluding hydrogens is 212 g/mol. The molecule has 0 amide bonds. The van der Waals surface area contributed by atoms with Gasteiger partial charge in [-0.25, -0.2) is 4.99 Å². The van der Waals surface area contributed by atoms with Crippen LogP contribution in [0.4, 0.5) is 5.69 Å². The van der Waals surface area contributed by atoms with E-state index in [1.807, 2.05) is 25.1 Å². The van der Waals surface area contributed by atoms with Crippen molar-refractivity contribution in [2.45, 2.75) is 32.6 Å². The van der Waals surface area contributed by atoms with Gasteiger partial charge in [0.15, 0.2) is 0 Å². The molecule has 3 nitrogen and oxygen atoms in total.